The van der Waals surface area contributed by atoms with Gasteiger partial charge in [-0.05, 0) is 50.5 Å². The van der Waals surface area contributed by atoms with E-state index < -0.39 is 15.8 Å². The normalized spacial score (nSPS) is 15.3. The molecule has 0 spiro atoms. The predicted octanol–water partition coefficient (Wildman–Crippen LogP) is 3.05. The Kier molecular flexibility index (Phi) is 5.74. The van der Waals surface area contributed by atoms with Gasteiger partial charge in [-0.15, -0.1) is 0 Å². The highest BCUT2D eigenvalue weighted by Crippen LogP contribution is 2.20. The Labute approximate surface area is 157 Å². The molecule has 1 saturated heterocycles. The third kappa shape index (κ3) is 4.49. The fraction of sp³-hybridized carbons (Fsp3) is 0.412. The van der Waals surface area contributed by atoms with Gasteiger partial charge < -0.3 is 4.90 Å². The summed E-state index contributed by atoms with van der Waals surface area (Å²) in [7, 11) is -3.82. The maximum Gasteiger partial charge on any atom is 0.240 e. The summed E-state index contributed by atoms with van der Waals surface area (Å²) in [5.41, 5.74) is 1.36. The Morgan fingerprint density at radius 1 is 1.19 bits per heavy atom. The van der Waals surface area contributed by atoms with Gasteiger partial charge in [0.05, 0.1) is 22.2 Å². The first-order valence-electron chi connectivity index (χ1n) is 8.39. The number of aryl methyl sites for hydroxylation is 1. The zero-order chi connectivity index (χ0) is 18.7. The van der Waals surface area contributed by atoms with Crippen LogP contribution < -0.4 is 9.62 Å². The van der Waals surface area contributed by atoms with E-state index in [2.05, 4.69) is 19.6 Å². The average Bonchev–Trinajstić information content (AvgIpc) is 2.62. The van der Waals surface area contributed by atoms with E-state index in [-0.39, 0.29) is 16.5 Å². The van der Waals surface area contributed by atoms with Gasteiger partial charge in [0.15, 0.2) is 0 Å². The van der Waals surface area contributed by atoms with Crippen molar-refractivity contribution >= 4 is 27.6 Å². The van der Waals surface area contributed by atoms with Crippen LogP contribution in [0.4, 0.5) is 10.3 Å². The van der Waals surface area contributed by atoms with Crippen molar-refractivity contribution in [2.24, 2.45) is 0 Å². The topological polar surface area (TPSA) is 75.2 Å². The highest BCUT2D eigenvalue weighted by Gasteiger charge is 2.18. The zero-order valence-corrected chi connectivity index (χ0v) is 15.9. The summed E-state index contributed by atoms with van der Waals surface area (Å²) < 4.78 is 40.5. The van der Waals surface area contributed by atoms with Crippen molar-refractivity contribution in [2.75, 3.05) is 18.0 Å². The molecule has 0 bridgehead atoms. The van der Waals surface area contributed by atoms with Gasteiger partial charge in [-0.1, -0.05) is 11.6 Å². The number of hydrogen-bond donors (Lipinski definition) is 1. The number of nitrogens with one attached hydrogen (secondary N) is 1. The largest absolute Gasteiger partial charge is 0.341 e. The lowest BCUT2D eigenvalue weighted by Gasteiger charge is -2.27. The number of benzene rings is 1. The number of halogens is 2. The number of sulfonamides is 1. The SMILES string of the molecule is Cc1cc(CNS(=O)(=O)c2ccc(F)c(Cl)c2)nc(N2CCCCC2)n1. The van der Waals surface area contributed by atoms with E-state index in [1.54, 1.807) is 6.07 Å². The van der Waals surface area contributed by atoms with Gasteiger partial charge >= 0.3 is 0 Å². The average molecular weight is 399 g/mol. The summed E-state index contributed by atoms with van der Waals surface area (Å²) in [4.78, 5) is 11.0. The van der Waals surface area contributed by atoms with Gasteiger partial charge in [-0.25, -0.2) is 27.5 Å². The number of nitrogens with zero attached hydrogens (tertiary/aromatic N) is 3. The molecule has 0 atom stereocenters. The monoisotopic (exact) mass is 398 g/mol. The third-order valence-corrected chi connectivity index (χ3v) is 5.87. The van der Waals surface area contributed by atoms with Crippen LogP contribution in [0.15, 0.2) is 29.2 Å². The Bertz CT molecular complexity index is 902. The van der Waals surface area contributed by atoms with Gasteiger partial charge in [0.1, 0.15) is 5.82 Å². The lowest BCUT2D eigenvalue weighted by molar-refractivity contribution is 0.565. The molecule has 1 aliphatic heterocycles. The van der Waals surface area contributed by atoms with Crippen LogP contribution in [0.2, 0.25) is 5.02 Å². The molecule has 26 heavy (non-hydrogen) atoms. The summed E-state index contributed by atoms with van der Waals surface area (Å²) in [5.74, 6) is -0.0352. The maximum absolute atomic E-state index is 13.2. The lowest BCUT2D eigenvalue weighted by atomic mass is 10.1. The molecule has 0 aliphatic carbocycles. The molecule has 140 valence electrons. The summed E-state index contributed by atoms with van der Waals surface area (Å²) in [6.45, 7) is 3.68. The van der Waals surface area contributed by atoms with Crippen LogP contribution in [-0.4, -0.2) is 31.5 Å². The second kappa shape index (κ2) is 7.85. The summed E-state index contributed by atoms with van der Waals surface area (Å²) in [5, 5.41) is -0.238. The van der Waals surface area contributed by atoms with Crippen molar-refractivity contribution in [3.05, 3.63) is 46.5 Å². The molecule has 0 radical (unpaired) electrons. The van der Waals surface area contributed by atoms with Gasteiger partial charge in [-0.3, -0.25) is 0 Å². The van der Waals surface area contributed by atoms with E-state index in [4.69, 9.17) is 11.6 Å². The van der Waals surface area contributed by atoms with E-state index in [9.17, 15) is 12.8 Å². The Hall–Kier alpha value is -1.77. The summed E-state index contributed by atoms with van der Waals surface area (Å²) >= 11 is 5.67. The van der Waals surface area contributed by atoms with Gasteiger partial charge in [0, 0.05) is 18.8 Å². The quantitative estimate of drug-likeness (QED) is 0.837. The molecular formula is C17H20ClFN4O2S. The van der Waals surface area contributed by atoms with Crippen LogP contribution >= 0.6 is 11.6 Å². The zero-order valence-electron chi connectivity index (χ0n) is 14.4. The van der Waals surface area contributed by atoms with Gasteiger partial charge in [0.2, 0.25) is 16.0 Å². The van der Waals surface area contributed by atoms with Crippen molar-refractivity contribution in [3.8, 4) is 0 Å². The van der Waals surface area contributed by atoms with Crippen LogP contribution in [0.3, 0.4) is 0 Å². The minimum atomic E-state index is -3.82. The number of aromatic nitrogens is 2. The summed E-state index contributed by atoms with van der Waals surface area (Å²) in [6, 6.07) is 5.03. The molecule has 2 heterocycles. The maximum atomic E-state index is 13.2. The molecule has 9 heteroatoms. The number of piperidine rings is 1. The van der Waals surface area contributed by atoms with E-state index in [0.717, 1.165) is 43.8 Å². The number of hydrogen-bond acceptors (Lipinski definition) is 5. The van der Waals surface area contributed by atoms with Crippen LogP contribution in [0, 0.1) is 12.7 Å². The third-order valence-electron chi connectivity index (χ3n) is 4.18. The molecule has 0 amide bonds. The first-order chi connectivity index (χ1) is 12.3. The van der Waals surface area contributed by atoms with Crippen LogP contribution in [-0.2, 0) is 16.6 Å². The molecular weight excluding hydrogens is 379 g/mol. The fourth-order valence-electron chi connectivity index (χ4n) is 2.84. The minimum absolute atomic E-state index is 0.0154. The van der Waals surface area contributed by atoms with Gasteiger partial charge in [0.25, 0.3) is 0 Å². The van der Waals surface area contributed by atoms with Crippen molar-refractivity contribution in [1.29, 1.82) is 0 Å². The Morgan fingerprint density at radius 2 is 1.92 bits per heavy atom. The molecule has 0 saturated carbocycles. The van der Waals surface area contributed by atoms with Crippen LogP contribution in [0.25, 0.3) is 0 Å². The molecule has 1 fully saturated rings. The molecule has 1 aliphatic rings. The summed E-state index contributed by atoms with van der Waals surface area (Å²) in [6.07, 6.45) is 3.41. The molecule has 1 N–H and O–H groups in total. The molecule has 2 aromatic rings. The molecule has 1 aromatic heterocycles. The van der Waals surface area contributed by atoms with E-state index >= 15 is 0 Å². The molecule has 3 rings (SSSR count). The van der Waals surface area contributed by atoms with E-state index in [1.165, 1.54) is 12.5 Å². The van der Waals surface area contributed by atoms with Crippen molar-refractivity contribution in [1.82, 2.24) is 14.7 Å². The minimum Gasteiger partial charge on any atom is -0.341 e. The van der Waals surface area contributed by atoms with E-state index in [0.29, 0.717) is 11.6 Å². The van der Waals surface area contributed by atoms with E-state index in [1.807, 2.05) is 6.92 Å². The highest BCUT2D eigenvalue weighted by molar-refractivity contribution is 7.89. The lowest BCUT2D eigenvalue weighted by Crippen LogP contribution is -2.32. The van der Waals surface area contributed by atoms with Crippen molar-refractivity contribution in [3.63, 3.8) is 0 Å². The van der Waals surface area contributed by atoms with Crippen LogP contribution in [0.1, 0.15) is 30.7 Å². The highest BCUT2D eigenvalue weighted by atomic mass is 35.5. The number of anilines is 1. The Balaban J connectivity index is 1.76. The second-order valence-electron chi connectivity index (χ2n) is 6.25. The first kappa shape index (κ1) is 19.0. The van der Waals surface area contributed by atoms with Crippen LogP contribution in [0.5, 0.6) is 0 Å². The first-order valence-corrected chi connectivity index (χ1v) is 10.3. The number of rotatable bonds is 5. The fourth-order valence-corrected chi connectivity index (χ4v) is 4.11. The van der Waals surface area contributed by atoms with Crippen molar-refractivity contribution < 1.29 is 12.8 Å². The predicted molar refractivity (Wildman–Crippen MR) is 98.3 cm³/mol. The van der Waals surface area contributed by atoms with Gasteiger partial charge in [-0.2, -0.15) is 0 Å². The second-order valence-corrected chi connectivity index (χ2v) is 8.42. The molecule has 1 aromatic carbocycles. The standard InChI is InChI=1S/C17H20ClFN4O2S/c1-12-9-13(22-17(21-12)23-7-3-2-4-8-23)11-20-26(24,25)14-5-6-16(19)15(18)10-14/h5-6,9-10,20H,2-4,7-8,11H2,1H3. The molecule has 6 nitrogen and oxygen atoms in total. The molecule has 0 unspecified atom stereocenters. The van der Waals surface area contributed by atoms with Crippen molar-refractivity contribution in [2.45, 2.75) is 37.6 Å². The smallest absolute Gasteiger partial charge is 0.240 e. The Morgan fingerprint density at radius 3 is 2.62 bits per heavy atom.